The lowest BCUT2D eigenvalue weighted by molar-refractivity contribution is 0.146. The van der Waals surface area contributed by atoms with Crippen molar-refractivity contribution in [3.63, 3.8) is 0 Å². The molecule has 0 aromatic heterocycles. The molecule has 1 nitrogen and oxygen atoms in total. The second-order valence-electron chi connectivity index (χ2n) is 3.48. The van der Waals surface area contributed by atoms with E-state index >= 15 is 0 Å². The summed E-state index contributed by atoms with van der Waals surface area (Å²) in [5.74, 6) is -0.881. The van der Waals surface area contributed by atoms with Crippen molar-refractivity contribution in [1.82, 2.24) is 0 Å². The summed E-state index contributed by atoms with van der Waals surface area (Å²) < 4.78 is 37.6. The number of benzene rings is 1. The monoisotopic (exact) mass is 217 g/mol. The highest BCUT2D eigenvalue weighted by Crippen LogP contribution is 2.25. The summed E-state index contributed by atoms with van der Waals surface area (Å²) in [5, 5.41) is 0. The smallest absolute Gasteiger partial charge is 0.266 e. The Morgan fingerprint density at radius 1 is 1.33 bits per heavy atom. The van der Waals surface area contributed by atoms with E-state index in [2.05, 4.69) is 0 Å². The standard InChI is InChI=1S/C11H14F3N/c1-2-3-10(15)7-4-5-8(11(13)14)9(12)6-7/h4-6,10-11H,2-3,15H2,1H3/t10-/m0/s1. The minimum absolute atomic E-state index is 0.281. The third-order valence-corrected chi connectivity index (χ3v) is 2.29. The molecule has 84 valence electrons. The molecule has 0 unspecified atom stereocenters. The van der Waals surface area contributed by atoms with Gasteiger partial charge in [-0.3, -0.25) is 0 Å². The third-order valence-electron chi connectivity index (χ3n) is 2.29. The van der Waals surface area contributed by atoms with E-state index in [0.29, 0.717) is 12.0 Å². The van der Waals surface area contributed by atoms with Crippen LogP contribution in [0.15, 0.2) is 18.2 Å². The summed E-state index contributed by atoms with van der Waals surface area (Å²) in [7, 11) is 0. The van der Waals surface area contributed by atoms with Gasteiger partial charge in [0, 0.05) is 6.04 Å². The quantitative estimate of drug-likeness (QED) is 0.819. The normalized spacial score (nSPS) is 13.2. The van der Waals surface area contributed by atoms with Crippen LogP contribution in [0, 0.1) is 5.82 Å². The van der Waals surface area contributed by atoms with Crippen molar-refractivity contribution in [2.75, 3.05) is 0 Å². The van der Waals surface area contributed by atoms with E-state index in [9.17, 15) is 13.2 Å². The molecular weight excluding hydrogens is 203 g/mol. The van der Waals surface area contributed by atoms with Crippen LogP contribution in [-0.2, 0) is 0 Å². The molecule has 1 atom stereocenters. The van der Waals surface area contributed by atoms with Gasteiger partial charge in [-0.25, -0.2) is 13.2 Å². The van der Waals surface area contributed by atoms with Gasteiger partial charge in [-0.2, -0.15) is 0 Å². The van der Waals surface area contributed by atoms with Crippen molar-refractivity contribution in [2.45, 2.75) is 32.2 Å². The second-order valence-corrected chi connectivity index (χ2v) is 3.48. The third kappa shape index (κ3) is 2.96. The van der Waals surface area contributed by atoms with Gasteiger partial charge in [-0.1, -0.05) is 25.5 Å². The summed E-state index contributed by atoms with van der Waals surface area (Å²) >= 11 is 0. The van der Waals surface area contributed by atoms with Crippen LogP contribution in [0.5, 0.6) is 0 Å². The minimum Gasteiger partial charge on any atom is -0.324 e. The fourth-order valence-corrected chi connectivity index (χ4v) is 1.43. The molecular formula is C11H14F3N. The van der Waals surface area contributed by atoms with E-state index in [1.54, 1.807) is 0 Å². The topological polar surface area (TPSA) is 26.0 Å². The second kappa shape index (κ2) is 5.16. The number of halogens is 3. The van der Waals surface area contributed by atoms with E-state index < -0.39 is 17.8 Å². The maximum atomic E-state index is 13.2. The van der Waals surface area contributed by atoms with Crippen LogP contribution in [0.3, 0.4) is 0 Å². The van der Waals surface area contributed by atoms with Crippen LogP contribution in [0.25, 0.3) is 0 Å². The first kappa shape index (κ1) is 12.0. The molecule has 0 fully saturated rings. The molecule has 0 radical (unpaired) electrons. The Morgan fingerprint density at radius 3 is 2.47 bits per heavy atom. The van der Waals surface area contributed by atoms with Crippen molar-refractivity contribution in [3.8, 4) is 0 Å². The molecule has 0 saturated heterocycles. The van der Waals surface area contributed by atoms with Crippen LogP contribution in [-0.4, -0.2) is 0 Å². The minimum atomic E-state index is -2.78. The molecule has 1 aromatic carbocycles. The highest BCUT2D eigenvalue weighted by Gasteiger charge is 2.15. The van der Waals surface area contributed by atoms with E-state index in [1.807, 2.05) is 6.92 Å². The van der Waals surface area contributed by atoms with Crippen molar-refractivity contribution in [2.24, 2.45) is 5.73 Å². The first-order chi connectivity index (χ1) is 7.06. The van der Waals surface area contributed by atoms with Gasteiger partial charge in [0.15, 0.2) is 0 Å². The van der Waals surface area contributed by atoms with Crippen LogP contribution < -0.4 is 5.73 Å². The van der Waals surface area contributed by atoms with Crippen molar-refractivity contribution >= 4 is 0 Å². The first-order valence-corrected chi connectivity index (χ1v) is 4.89. The van der Waals surface area contributed by atoms with Gasteiger partial charge in [0.05, 0.1) is 5.56 Å². The van der Waals surface area contributed by atoms with E-state index in [4.69, 9.17) is 5.73 Å². The molecule has 0 spiro atoms. The molecule has 0 bridgehead atoms. The van der Waals surface area contributed by atoms with Crippen molar-refractivity contribution in [3.05, 3.63) is 35.1 Å². The Bertz CT molecular complexity index is 326. The summed E-state index contributed by atoms with van der Waals surface area (Å²) in [6.45, 7) is 1.96. The van der Waals surface area contributed by atoms with Crippen LogP contribution in [0.4, 0.5) is 13.2 Å². The fraction of sp³-hybridized carbons (Fsp3) is 0.455. The Morgan fingerprint density at radius 2 is 2.00 bits per heavy atom. The largest absolute Gasteiger partial charge is 0.324 e. The zero-order valence-electron chi connectivity index (χ0n) is 8.51. The molecule has 1 rings (SSSR count). The summed E-state index contributed by atoms with van der Waals surface area (Å²) in [4.78, 5) is 0. The molecule has 0 heterocycles. The summed E-state index contributed by atoms with van der Waals surface area (Å²) in [6.07, 6.45) is -1.19. The highest BCUT2D eigenvalue weighted by atomic mass is 19.3. The predicted octanol–water partition coefficient (Wildman–Crippen LogP) is 3.56. The first-order valence-electron chi connectivity index (χ1n) is 4.89. The molecule has 2 N–H and O–H groups in total. The van der Waals surface area contributed by atoms with Crippen molar-refractivity contribution < 1.29 is 13.2 Å². The Balaban J connectivity index is 2.91. The molecule has 0 saturated carbocycles. The summed E-state index contributed by atoms with van der Waals surface area (Å²) in [6, 6.07) is 3.38. The number of alkyl halides is 2. The van der Waals surface area contributed by atoms with Crippen molar-refractivity contribution in [1.29, 1.82) is 0 Å². The van der Waals surface area contributed by atoms with Crippen LogP contribution in [0.1, 0.15) is 43.4 Å². The number of nitrogens with two attached hydrogens (primary N) is 1. The molecule has 0 aliphatic rings. The lowest BCUT2D eigenvalue weighted by Crippen LogP contribution is -2.10. The maximum Gasteiger partial charge on any atom is 0.266 e. The zero-order valence-corrected chi connectivity index (χ0v) is 8.51. The van der Waals surface area contributed by atoms with Crippen LogP contribution >= 0.6 is 0 Å². The Kier molecular flexibility index (Phi) is 4.15. The van der Waals surface area contributed by atoms with Gasteiger partial charge >= 0.3 is 0 Å². The fourth-order valence-electron chi connectivity index (χ4n) is 1.43. The average molecular weight is 217 g/mol. The molecule has 0 aliphatic heterocycles. The van der Waals surface area contributed by atoms with Gasteiger partial charge < -0.3 is 5.73 Å². The predicted molar refractivity (Wildman–Crippen MR) is 53.2 cm³/mol. The lowest BCUT2D eigenvalue weighted by Gasteiger charge is -2.12. The Hall–Kier alpha value is -1.03. The molecule has 15 heavy (non-hydrogen) atoms. The molecule has 1 aromatic rings. The highest BCUT2D eigenvalue weighted by molar-refractivity contribution is 5.27. The average Bonchev–Trinajstić information content (AvgIpc) is 2.17. The van der Waals surface area contributed by atoms with Gasteiger partial charge in [0.25, 0.3) is 6.43 Å². The van der Waals surface area contributed by atoms with E-state index in [-0.39, 0.29) is 6.04 Å². The Labute approximate surface area is 87.1 Å². The molecule has 0 aliphatic carbocycles. The lowest BCUT2D eigenvalue weighted by atomic mass is 10.0. The maximum absolute atomic E-state index is 13.2. The van der Waals surface area contributed by atoms with E-state index in [0.717, 1.165) is 18.6 Å². The van der Waals surface area contributed by atoms with Gasteiger partial charge in [0.1, 0.15) is 5.82 Å². The number of rotatable bonds is 4. The van der Waals surface area contributed by atoms with Crippen LogP contribution in [0.2, 0.25) is 0 Å². The van der Waals surface area contributed by atoms with Gasteiger partial charge in [-0.05, 0) is 18.1 Å². The number of hydrogen-bond acceptors (Lipinski definition) is 1. The van der Waals surface area contributed by atoms with Gasteiger partial charge in [0.2, 0.25) is 0 Å². The SMILES string of the molecule is CCC[C@H](N)c1ccc(C(F)F)c(F)c1. The summed E-state index contributed by atoms with van der Waals surface area (Å²) in [5.41, 5.74) is 5.75. The van der Waals surface area contributed by atoms with Gasteiger partial charge in [-0.15, -0.1) is 0 Å². The van der Waals surface area contributed by atoms with E-state index in [1.165, 1.54) is 6.07 Å². The number of hydrogen-bond donors (Lipinski definition) is 1. The molecule has 4 heteroatoms. The molecule has 0 amide bonds. The zero-order chi connectivity index (χ0) is 11.4.